The summed E-state index contributed by atoms with van der Waals surface area (Å²) in [5.74, 6) is -0.237. The van der Waals surface area contributed by atoms with Crippen LogP contribution < -0.4 is 5.32 Å². The van der Waals surface area contributed by atoms with Crippen LogP contribution in [0.3, 0.4) is 0 Å². The number of ether oxygens (including phenoxy) is 1. The van der Waals surface area contributed by atoms with E-state index in [0.717, 1.165) is 11.1 Å². The van der Waals surface area contributed by atoms with E-state index in [-0.39, 0.29) is 5.82 Å². The molecule has 118 valence electrons. The van der Waals surface area contributed by atoms with E-state index in [1.807, 2.05) is 18.2 Å². The van der Waals surface area contributed by atoms with E-state index in [9.17, 15) is 9.50 Å². The zero-order valence-corrected chi connectivity index (χ0v) is 12.6. The Bertz CT molecular complexity index is 578. The molecule has 0 amide bonds. The molecule has 0 radical (unpaired) electrons. The number of pyridine rings is 1. The second-order valence-corrected chi connectivity index (χ2v) is 5.12. The Morgan fingerprint density at radius 2 is 2.00 bits per heavy atom. The maximum Gasteiger partial charge on any atom is 0.128 e. The third-order valence-corrected chi connectivity index (χ3v) is 3.40. The van der Waals surface area contributed by atoms with Crippen LogP contribution in [0, 0.1) is 5.82 Å². The number of aromatic nitrogens is 1. The lowest BCUT2D eigenvalue weighted by Gasteiger charge is -2.11. The van der Waals surface area contributed by atoms with Gasteiger partial charge in [0.1, 0.15) is 5.82 Å². The molecule has 2 rings (SSSR count). The van der Waals surface area contributed by atoms with Crippen LogP contribution in [0.2, 0.25) is 0 Å². The van der Waals surface area contributed by atoms with Gasteiger partial charge in [0.15, 0.2) is 0 Å². The first-order chi connectivity index (χ1) is 10.7. The van der Waals surface area contributed by atoms with Crippen LogP contribution >= 0.6 is 0 Å². The van der Waals surface area contributed by atoms with Crippen molar-refractivity contribution in [1.82, 2.24) is 10.3 Å². The van der Waals surface area contributed by atoms with E-state index in [1.54, 1.807) is 25.6 Å². The third-order valence-electron chi connectivity index (χ3n) is 3.40. The summed E-state index contributed by atoms with van der Waals surface area (Å²) in [4.78, 5) is 3.95. The molecule has 2 aromatic rings. The maximum absolute atomic E-state index is 14.1. The normalized spacial score (nSPS) is 12.3. The third kappa shape index (κ3) is 4.87. The van der Waals surface area contributed by atoms with Gasteiger partial charge < -0.3 is 15.2 Å². The Balaban J connectivity index is 1.88. The number of rotatable bonds is 8. The highest BCUT2D eigenvalue weighted by molar-refractivity contribution is 5.63. The standard InChI is InChI=1S/C17H21FN2O2/c1-22-12-16(21)6-9-20-11-15-3-2-14(10-17(15)18)13-4-7-19-8-5-13/h2-5,7-8,10,16,20-21H,6,9,11-12H2,1H3. The number of nitrogens with zero attached hydrogens (tertiary/aromatic N) is 1. The van der Waals surface area contributed by atoms with Gasteiger partial charge in [-0.1, -0.05) is 12.1 Å². The van der Waals surface area contributed by atoms with Crippen LogP contribution in [0.5, 0.6) is 0 Å². The number of aliphatic hydroxyl groups excluding tert-OH is 1. The van der Waals surface area contributed by atoms with E-state index in [0.29, 0.717) is 31.7 Å². The Hall–Kier alpha value is -1.82. The van der Waals surface area contributed by atoms with Crippen molar-refractivity contribution in [2.75, 3.05) is 20.3 Å². The average Bonchev–Trinajstić information content (AvgIpc) is 2.54. The zero-order chi connectivity index (χ0) is 15.8. The van der Waals surface area contributed by atoms with Crippen molar-refractivity contribution in [2.24, 2.45) is 0 Å². The fraction of sp³-hybridized carbons (Fsp3) is 0.353. The Labute approximate surface area is 130 Å². The van der Waals surface area contributed by atoms with Crippen molar-refractivity contribution < 1.29 is 14.2 Å². The molecule has 0 spiro atoms. The summed E-state index contributed by atoms with van der Waals surface area (Å²) in [6.45, 7) is 1.36. The largest absolute Gasteiger partial charge is 0.391 e. The van der Waals surface area contributed by atoms with Crippen LogP contribution in [-0.4, -0.2) is 36.5 Å². The summed E-state index contributed by atoms with van der Waals surface area (Å²) in [5.41, 5.74) is 2.38. The highest BCUT2D eigenvalue weighted by Gasteiger charge is 2.06. The van der Waals surface area contributed by atoms with E-state index in [4.69, 9.17) is 4.74 Å². The first kappa shape index (κ1) is 16.5. The maximum atomic E-state index is 14.1. The molecule has 1 atom stereocenters. The monoisotopic (exact) mass is 304 g/mol. The van der Waals surface area contributed by atoms with Gasteiger partial charge in [-0.15, -0.1) is 0 Å². The van der Waals surface area contributed by atoms with Crippen LogP contribution in [0.4, 0.5) is 4.39 Å². The fourth-order valence-corrected chi connectivity index (χ4v) is 2.18. The molecular formula is C17H21FN2O2. The number of methoxy groups -OCH3 is 1. The van der Waals surface area contributed by atoms with Crippen LogP contribution in [0.1, 0.15) is 12.0 Å². The molecule has 0 bridgehead atoms. The number of halogens is 1. The van der Waals surface area contributed by atoms with E-state index < -0.39 is 6.10 Å². The number of aliphatic hydroxyl groups is 1. The molecule has 1 heterocycles. The highest BCUT2D eigenvalue weighted by Crippen LogP contribution is 2.21. The number of nitrogens with one attached hydrogen (secondary N) is 1. The molecule has 22 heavy (non-hydrogen) atoms. The lowest BCUT2D eigenvalue weighted by Crippen LogP contribution is -2.23. The first-order valence-corrected chi connectivity index (χ1v) is 7.27. The minimum absolute atomic E-state index is 0.237. The topological polar surface area (TPSA) is 54.4 Å². The molecule has 4 nitrogen and oxygen atoms in total. The Morgan fingerprint density at radius 3 is 2.68 bits per heavy atom. The molecule has 1 aromatic carbocycles. The van der Waals surface area contributed by atoms with Gasteiger partial charge in [-0.05, 0) is 42.3 Å². The predicted octanol–water partition coefficient (Wildman–Crippen LogP) is 2.37. The zero-order valence-electron chi connectivity index (χ0n) is 12.6. The second kappa shape index (κ2) is 8.58. The van der Waals surface area contributed by atoms with Crippen molar-refractivity contribution in [3.63, 3.8) is 0 Å². The van der Waals surface area contributed by atoms with E-state index >= 15 is 0 Å². The second-order valence-electron chi connectivity index (χ2n) is 5.12. The van der Waals surface area contributed by atoms with Gasteiger partial charge in [0.05, 0.1) is 12.7 Å². The van der Waals surface area contributed by atoms with Crippen LogP contribution in [0.25, 0.3) is 11.1 Å². The number of hydrogen-bond donors (Lipinski definition) is 2. The molecule has 5 heteroatoms. The van der Waals surface area contributed by atoms with Crippen molar-refractivity contribution in [2.45, 2.75) is 19.1 Å². The van der Waals surface area contributed by atoms with Gasteiger partial charge in [0.2, 0.25) is 0 Å². The van der Waals surface area contributed by atoms with E-state index in [2.05, 4.69) is 10.3 Å². The Kier molecular flexibility index (Phi) is 6.45. The van der Waals surface area contributed by atoms with Crippen LogP contribution in [-0.2, 0) is 11.3 Å². The molecule has 0 saturated carbocycles. The quantitative estimate of drug-likeness (QED) is 0.735. The number of hydrogen-bond acceptors (Lipinski definition) is 4. The molecule has 0 aliphatic heterocycles. The summed E-state index contributed by atoms with van der Waals surface area (Å²) in [7, 11) is 1.55. The molecule has 1 aromatic heterocycles. The summed E-state index contributed by atoms with van der Waals surface area (Å²) in [6.07, 6.45) is 3.46. The Morgan fingerprint density at radius 1 is 1.23 bits per heavy atom. The van der Waals surface area contributed by atoms with Crippen molar-refractivity contribution in [3.8, 4) is 11.1 Å². The minimum atomic E-state index is -0.489. The summed E-state index contributed by atoms with van der Waals surface area (Å²) >= 11 is 0. The minimum Gasteiger partial charge on any atom is -0.391 e. The predicted molar refractivity (Wildman–Crippen MR) is 83.8 cm³/mol. The van der Waals surface area contributed by atoms with Crippen LogP contribution in [0.15, 0.2) is 42.7 Å². The highest BCUT2D eigenvalue weighted by atomic mass is 19.1. The van der Waals surface area contributed by atoms with Gasteiger partial charge in [0.25, 0.3) is 0 Å². The smallest absolute Gasteiger partial charge is 0.128 e. The molecule has 0 fully saturated rings. The van der Waals surface area contributed by atoms with Gasteiger partial charge in [-0.25, -0.2) is 4.39 Å². The van der Waals surface area contributed by atoms with Gasteiger partial charge in [-0.2, -0.15) is 0 Å². The molecular weight excluding hydrogens is 283 g/mol. The summed E-state index contributed by atoms with van der Waals surface area (Å²) in [6, 6.07) is 8.92. The van der Waals surface area contributed by atoms with Gasteiger partial charge >= 0.3 is 0 Å². The lowest BCUT2D eigenvalue weighted by molar-refractivity contribution is 0.0594. The van der Waals surface area contributed by atoms with Gasteiger partial charge in [-0.3, -0.25) is 4.98 Å². The van der Waals surface area contributed by atoms with Crippen molar-refractivity contribution in [1.29, 1.82) is 0 Å². The lowest BCUT2D eigenvalue weighted by atomic mass is 10.0. The molecule has 0 aliphatic carbocycles. The van der Waals surface area contributed by atoms with Gasteiger partial charge in [0, 0.05) is 31.6 Å². The first-order valence-electron chi connectivity index (χ1n) is 7.27. The molecule has 0 saturated heterocycles. The summed E-state index contributed by atoms with van der Waals surface area (Å²) in [5, 5.41) is 12.6. The molecule has 2 N–H and O–H groups in total. The summed E-state index contributed by atoms with van der Waals surface area (Å²) < 4.78 is 19.0. The average molecular weight is 304 g/mol. The SMILES string of the molecule is COCC(O)CCNCc1ccc(-c2ccncc2)cc1F. The molecule has 1 unspecified atom stereocenters. The van der Waals surface area contributed by atoms with Crippen molar-refractivity contribution in [3.05, 3.63) is 54.1 Å². The molecule has 0 aliphatic rings. The fourth-order valence-electron chi connectivity index (χ4n) is 2.18. The van der Waals surface area contributed by atoms with E-state index in [1.165, 1.54) is 6.07 Å². The van der Waals surface area contributed by atoms with Crippen molar-refractivity contribution >= 4 is 0 Å². The number of benzene rings is 1.